The molecule has 1 aliphatic heterocycles. The quantitative estimate of drug-likeness (QED) is 0.537. The summed E-state index contributed by atoms with van der Waals surface area (Å²) < 4.78 is 83.2. The first-order chi connectivity index (χ1) is 16.6. The molecular weight excluding hydrogens is 500 g/mol. The van der Waals surface area contributed by atoms with Crippen molar-refractivity contribution in [2.45, 2.75) is 15.8 Å². The molecule has 0 aromatic heterocycles. The molecule has 3 aromatic carbocycles. The van der Waals surface area contributed by atoms with Crippen LogP contribution in [0.1, 0.15) is 0 Å². The second-order valence-corrected chi connectivity index (χ2v) is 11.5. The van der Waals surface area contributed by atoms with Gasteiger partial charge in [-0.15, -0.1) is 0 Å². The maximum absolute atomic E-state index is 14.2. The zero-order chi connectivity index (χ0) is 25.2. The van der Waals surface area contributed by atoms with E-state index in [1.807, 2.05) is 0 Å². The van der Waals surface area contributed by atoms with Crippen LogP contribution in [-0.4, -0.2) is 57.0 Å². The Kier molecular flexibility index (Phi) is 6.99. The van der Waals surface area contributed by atoms with Crippen molar-refractivity contribution in [3.8, 4) is 0 Å². The van der Waals surface area contributed by atoms with E-state index >= 15 is 0 Å². The van der Waals surface area contributed by atoms with Crippen LogP contribution in [0.2, 0.25) is 0 Å². The molecule has 1 amide bonds. The first-order valence-corrected chi connectivity index (χ1v) is 13.4. The SMILES string of the molecule is O=C(Nc1c(F)cccc1F)C1CN(S(=O)(=O)c2ccccc2)CCN1S(=O)(=O)c1ccccc1. The van der Waals surface area contributed by atoms with Crippen LogP contribution >= 0.6 is 0 Å². The van der Waals surface area contributed by atoms with Crippen molar-refractivity contribution < 1.29 is 30.4 Å². The number of sulfonamides is 2. The summed E-state index contributed by atoms with van der Waals surface area (Å²) in [5.41, 5.74) is -0.752. The van der Waals surface area contributed by atoms with Gasteiger partial charge in [0.05, 0.1) is 9.79 Å². The van der Waals surface area contributed by atoms with Gasteiger partial charge >= 0.3 is 0 Å². The average molecular weight is 522 g/mol. The third-order valence-electron chi connectivity index (χ3n) is 5.54. The highest BCUT2D eigenvalue weighted by atomic mass is 32.2. The highest BCUT2D eigenvalue weighted by Crippen LogP contribution is 2.27. The van der Waals surface area contributed by atoms with Crippen molar-refractivity contribution in [2.75, 3.05) is 25.0 Å². The number of rotatable bonds is 6. The second kappa shape index (κ2) is 9.82. The monoisotopic (exact) mass is 521 g/mol. The summed E-state index contributed by atoms with van der Waals surface area (Å²) in [5.74, 6) is -3.18. The lowest BCUT2D eigenvalue weighted by molar-refractivity contribution is -0.120. The Labute approximate surface area is 201 Å². The number of para-hydroxylation sites is 1. The van der Waals surface area contributed by atoms with Gasteiger partial charge in [-0.1, -0.05) is 42.5 Å². The van der Waals surface area contributed by atoms with E-state index in [0.717, 1.165) is 26.8 Å². The van der Waals surface area contributed by atoms with E-state index in [9.17, 15) is 30.4 Å². The van der Waals surface area contributed by atoms with Crippen LogP contribution in [-0.2, 0) is 24.8 Å². The fourth-order valence-corrected chi connectivity index (χ4v) is 6.80. The van der Waals surface area contributed by atoms with Gasteiger partial charge in [0, 0.05) is 19.6 Å². The number of anilines is 1. The molecule has 1 heterocycles. The Morgan fingerprint density at radius 1 is 0.743 bits per heavy atom. The molecule has 1 unspecified atom stereocenters. The maximum Gasteiger partial charge on any atom is 0.244 e. The third-order valence-corrected chi connectivity index (χ3v) is 9.34. The number of hydrogen-bond donors (Lipinski definition) is 1. The lowest BCUT2D eigenvalue weighted by atomic mass is 10.2. The number of carbonyl (C=O) groups is 1. The highest BCUT2D eigenvalue weighted by molar-refractivity contribution is 7.89. The molecule has 0 bridgehead atoms. The van der Waals surface area contributed by atoms with Gasteiger partial charge in [-0.25, -0.2) is 25.6 Å². The molecular formula is C23H21F2N3O5S2. The maximum atomic E-state index is 14.2. The largest absolute Gasteiger partial charge is 0.320 e. The Bertz CT molecular complexity index is 1420. The molecule has 1 N–H and O–H groups in total. The molecule has 3 aromatic rings. The number of piperazine rings is 1. The molecule has 1 aliphatic rings. The van der Waals surface area contributed by atoms with E-state index < -0.39 is 55.9 Å². The molecule has 1 saturated heterocycles. The number of carbonyl (C=O) groups excluding carboxylic acids is 1. The van der Waals surface area contributed by atoms with E-state index in [2.05, 4.69) is 5.32 Å². The van der Waals surface area contributed by atoms with Gasteiger partial charge in [-0.2, -0.15) is 8.61 Å². The second-order valence-electron chi connectivity index (χ2n) is 7.71. The molecule has 35 heavy (non-hydrogen) atoms. The van der Waals surface area contributed by atoms with Crippen molar-refractivity contribution in [1.29, 1.82) is 0 Å². The molecule has 184 valence electrons. The van der Waals surface area contributed by atoms with Crippen LogP contribution in [0.3, 0.4) is 0 Å². The fourth-order valence-electron chi connectivity index (χ4n) is 3.75. The molecule has 0 saturated carbocycles. The third kappa shape index (κ3) is 4.96. The zero-order valence-electron chi connectivity index (χ0n) is 18.2. The summed E-state index contributed by atoms with van der Waals surface area (Å²) >= 11 is 0. The van der Waals surface area contributed by atoms with Crippen LogP contribution in [0.4, 0.5) is 14.5 Å². The number of hydrogen-bond acceptors (Lipinski definition) is 5. The summed E-state index contributed by atoms with van der Waals surface area (Å²) in [7, 11) is -8.31. The lowest BCUT2D eigenvalue weighted by Crippen LogP contribution is -2.60. The van der Waals surface area contributed by atoms with E-state index in [-0.39, 0.29) is 22.9 Å². The van der Waals surface area contributed by atoms with Crippen molar-refractivity contribution in [3.63, 3.8) is 0 Å². The minimum absolute atomic E-state index is 0.0290. The molecule has 1 fully saturated rings. The number of nitrogens with zero attached hydrogens (tertiary/aromatic N) is 2. The Hall–Kier alpha value is -3.19. The van der Waals surface area contributed by atoms with Crippen LogP contribution in [0.5, 0.6) is 0 Å². The minimum atomic E-state index is -4.24. The number of benzene rings is 3. The predicted molar refractivity (Wildman–Crippen MR) is 124 cm³/mol. The first kappa shape index (κ1) is 24.9. The standard InChI is InChI=1S/C23H21F2N3O5S2/c24-19-12-7-13-20(25)22(19)26-23(29)21-16-27(34(30,31)17-8-3-1-4-9-17)14-15-28(21)35(32,33)18-10-5-2-6-11-18/h1-13,21H,14-16H2,(H,26,29). The Morgan fingerprint density at radius 3 is 1.80 bits per heavy atom. The normalized spacial score (nSPS) is 17.7. The average Bonchev–Trinajstić information content (AvgIpc) is 2.87. The molecule has 0 spiro atoms. The van der Waals surface area contributed by atoms with Gasteiger partial charge in [0.1, 0.15) is 23.4 Å². The van der Waals surface area contributed by atoms with E-state index in [0.29, 0.717) is 0 Å². The van der Waals surface area contributed by atoms with E-state index in [1.54, 1.807) is 12.1 Å². The van der Waals surface area contributed by atoms with Crippen LogP contribution in [0.25, 0.3) is 0 Å². The molecule has 0 aliphatic carbocycles. The topological polar surface area (TPSA) is 104 Å². The minimum Gasteiger partial charge on any atom is -0.320 e. The molecule has 8 nitrogen and oxygen atoms in total. The summed E-state index contributed by atoms with van der Waals surface area (Å²) in [6.07, 6.45) is 0. The van der Waals surface area contributed by atoms with Gasteiger partial charge < -0.3 is 5.32 Å². The molecule has 0 radical (unpaired) electrons. The summed E-state index contributed by atoms with van der Waals surface area (Å²) in [6, 6.07) is 16.2. The van der Waals surface area contributed by atoms with E-state index in [4.69, 9.17) is 0 Å². The van der Waals surface area contributed by atoms with Crippen molar-refractivity contribution >= 4 is 31.6 Å². The van der Waals surface area contributed by atoms with Crippen molar-refractivity contribution in [3.05, 3.63) is 90.5 Å². The van der Waals surface area contributed by atoms with E-state index in [1.165, 1.54) is 48.5 Å². The lowest BCUT2D eigenvalue weighted by Gasteiger charge is -2.38. The number of nitrogens with one attached hydrogen (secondary N) is 1. The summed E-state index contributed by atoms with van der Waals surface area (Å²) in [6.45, 7) is -1.12. The van der Waals surface area contributed by atoms with Crippen LogP contribution < -0.4 is 5.32 Å². The van der Waals surface area contributed by atoms with Crippen molar-refractivity contribution in [1.82, 2.24) is 8.61 Å². The Morgan fingerprint density at radius 2 is 1.26 bits per heavy atom. The number of halogens is 2. The van der Waals surface area contributed by atoms with Crippen molar-refractivity contribution in [2.24, 2.45) is 0 Å². The van der Waals surface area contributed by atoms with Gasteiger partial charge in [-0.3, -0.25) is 4.79 Å². The molecule has 12 heteroatoms. The van der Waals surface area contributed by atoms with Crippen LogP contribution in [0, 0.1) is 11.6 Å². The van der Waals surface area contributed by atoms with Gasteiger partial charge in [0.15, 0.2) is 0 Å². The fraction of sp³-hybridized carbons (Fsp3) is 0.174. The van der Waals surface area contributed by atoms with Crippen LogP contribution in [0.15, 0.2) is 88.7 Å². The zero-order valence-corrected chi connectivity index (χ0v) is 19.8. The Balaban J connectivity index is 1.72. The molecule has 4 rings (SSSR count). The summed E-state index contributed by atoms with van der Waals surface area (Å²) in [5, 5.41) is 2.10. The van der Waals surface area contributed by atoms with Gasteiger partial charge in [-0.05, 0) is 36.4 Å². The van der Waals surface area contributed by atoms with Gasteiger partial charge in [0.25, 0.3) is 0 Å². The predicted octanol–water partition coefficient (Wildman–Crippen LogP) is 2.67. The van der Waals surface area contributed by atoms with Gasteiger partial charge in [0.2, 0.25) is 26.0 Å². The first-order valence-electron chi connectivity index (χ1n) is 10.5. The molecule has 1 atom stereocenters. The highest BCUT2D eigenvalue weighted by Gasteiger charge is 2.43. The summed E-state index contributed by atoms with van der Waals surface area (Å²) in [4.78, 5) is 13.1. The smallest absolute Gasteiger partial charge is 0.244 e. The number of amides is 1.